The van der Waals surface area contributed by atoms with Crippen LogP contribution in [0.2, 0.25) is 0 Å². The Morgan fingerprint density at radius 1 is 1.39 bits per heavy atom. The molecule has 23 heavy (non-hydrogen) atoms. The molecular formula is C15H21N7O. The zero-order valence-corrected chi connectivity index (χ0v) is 13.4. The van der Waals surface area contributed by atoms with Crippen molar-refractivity contribution in [1.82, 2.24) is 24.6 Å². The average molecular weight is 315 g/mol. The molecule has 0 bridgehead atoms. The number of piperidine rings is 1. The standard InChI is InChI=1S/C15H21N7O/c1-10-17-9-12(14(16)18-10)15(23)19-13-5-8-22(20-13)11-3-6-21(2)7-4-11/h5,8-9,11H,3-4,6-7H2,1-2H3,(H2,16,17,18)(H,19,20,23). The summed E-state index contributed by atoms with van der Waals surface area (Å²) in [5.41, 5.74) is 6.02. The molecule has 3 rings (SSSR count). The van der Waals surface area contributed by atoms with Crippen molar-refractivity contribution in [3.63, 3.8) is 0 Å². The molecule has 8 heteroatoms. The van der Waals surface area contributed by atoms with Gasteiger partial charge in [0.2, 0.25) is 0 Å². The molecule has 0 aromatic carbocycles. The number of rotatable bonds is 3. The molecule has 1 aliphatic rings. The zero-order valence-electron chi connectivity index (χ0n) is 13.4. The van der Waals surface area contributed by atoms with Gasteiger partial charge in [0.1, 0.15) is 17.2 Å². The van der Waals surface area contributed by atoms with Gasteiger partial charge in [0, 0.05) is 18.5 Å². The number of aromatic nitrogens is 4. The Labute approximate surface area is 134 Å². The van der Waals surface area contributed by atoms with Crippen LogP contribution >= 0.6 is 0 Å². The maximum atomic E-state index is 12.2. The number of nitrogens with zero attached hydrogens (tertiary/aromatic N) is 5. The molecule has 1 amide bonds. The van der Waals surface area contributed by atoms with Crippen molar-refractivity contribution in [3.05, 3.63) is 29.8 Å². The van der Waals surface area contributed by atoms with E-state index in [1.165, 1.54) is 6.20 Å². The van der Waals surface area contributed by atoms with Crippen LogP contribution in [0, 0.1) is 6.92 Å². The van der Waals surface area contributed by atoms with Crippen molar-refractivity contribution < 1.29 is 4.79 Å². The van der Waals surface area contributed by atoms with Gasteiger partial charge in [0.05, 0.1) is 6.04 Å². The van der Waals surface area contributed by atoms with Crippen LogP contribution in [0.5, 0.6) is 0 Å². The number of carbonyl (C=O) groups excluding carboxylic acids is 1. The van der Waals surface area contributed by atoms with Crippen LogP contribution in [0.25, 0.3) is 0 Å². The van der Waals surface area contributed by atoms with Gasteiger partial charge in [-0.15, -0.1) is 0 Å². The van der Waals surface area contributed by atoms with Gasteiger partial charge >= 0.3 is 0 Å². The summed E-state index contributed by atoms with van der Waals surface area (Å²) in [7, 11) is 2.12. The first-order chi connectivity index (χ1) is 11.0. The number of nitrogens with one attached hydrogen (secondary N) is 1. The second-order valence-corrected chi connectivity index (χ2v) is 5.89. The Balaban J connectivity index is 1.68. The van der Waals surface area contributed by atoms with Gasteiger partial charge in [-0.3, -0.25) is 9.48 Å². The van der Waals surface area contributed by atoms with Gasteiger partial charge in [0.25, 0.3) is 5.91 Å². The lowest BCUT2D eigenvalue weighted by molar-refractivity contribution is 0.102. The highest BCUT2D eigenvalue weighted by molar-refractivity contribution is 6.06. The van der Waals surface area contributed by atoms with Crippen molar-refractivity contribution in [2.45, 2.75) is 25.8 Å². The van der Waals surface area contributed by atoms with E-state index in [9.17, 15) is 4.79 Å². The zero-order chi connectivity index (χ0) is 16.4. The molecule has 2 aromatic rings. The molecule has 122 valence electrons. The molecule has 3 N–H and O–H groups in total. The Hall–Kier alpha value is -2.48. The van der Waals surface area contributed by atoms with E-state index in [1.54, 1.807) is 13.0 Å². The van der Waals surface area contributed by atoms with E-state index < -0.39 is 0 Å². The molecule has 8 nitrogen and oxygen atoms in total. The second-order valence-electron chi connectivity index (χ2n) is 5.89. The molecule has 0 atom stereocenters. The summed E-state index contributed by atoms with van der Waals surface area (Å²) >= 11 is 0. The minimum Gasteiger partial charge on any atom is -0.383 e. The quantitative estimate of drug-likeness (QED) is 0.879. The summed E-state index contributed by atoms with van der Waals surface area (Å²) in [5, 5.41) is 7.20. The molecule has 1 aliphatic heterocycles. The monoisotopic (exact) mass is 315 g/mol. The molecule has 1 fully saturated rings. The van der Waals surface area contributed by atoms with Gasteiger partial charge in [-0.1, -0.05) is 0 Å². The fourth-order valence-electron chi connectivity index (χ4n) is 2.71. The van der Waals surface area contributed by atoms with Crippen LogP contribution in [-0.2, 0) is 0 Å². The summed E-state index contributed by atoms with van der Waals surface area (Å²) in [6.45, 7) is 3.84. The van der Waals surface area contributed by atoms with E-state index in [4.69, 9.17) is 5.73 Å². The van der Waals surface area contributed by atoms with Crippen molar-refractivity contribution in [1.29, 1.82) is 0 Å². The Kier molecular flexibility index (Phi) is 4.24. The minimum atomic E-state index is -0.351. The number of hydrogen-bond acceptors (Lipinski definition) is 6. The Morgan fingerprint density at radius 2 is 2.13 bits per heavy atom. The number of anilines is 2. The summed E-state index contributed by atoms with van der Waals surface area (Å²) < 4.78 is 1.93. The summed E-state index contributed by atoms with van der Waals surface area (Å²) in [4.78, 5) is 22.6. The first-order valence-corrected chi connectivity index (χ1v) is 7.67. The second kappa shape index (κ2) is 6.33. The van der Waals surface area contributed by atoms with Crippen molar-refractivity contribution in [2.24, 2.45) is 0 Å². The van der Waals surface area contributed by atoms with E-state index in [2.05, 4.69) is 32.3 Å². The highest BCUT2D eigenvalue weighted by Gasteiger charge is 2.19. The minimum absolute atomic E-state index is 0.171. The van der Waals surface area contributed by atoms with E-state index >= 15 is 0 Å². The summed E-state index contributed by atoms with van der Waals surface area (Å²) in [5.74, 6) is 0.861. The van der Waals surface area contributed by atoms with E-state index in [-0.39, 0.29) is 17.3 Å². The molecule has 0 aliphatic carbocycles. The smallest absolute Gasteiger partial charge is 0.262 e. The van der Waals surface area contributed by atoms with Crippen LogP contribution in [0.1, 0.15) is 35.1 Å². The summed E-state index contributed by atoms with van der Waals surface area (Å²) in [6.07, 6.45) is 5.45. The molecule has 0 saturated carbocycles. The Morgan fingerprint density at radius 3 is 2.83 bits per heavy atom. The lowest BCUT2D eigenvalue weighted by Gasteiger charge is -2.28. The summed E-state index contributed by atoms with van der Waals surface area (Å²) in [6, 6.07) is 2.17. The van der Waals surface area contributed by atoms with E-state index in [0.29, 0.717) is 17.7 Å². The van der Waals surface area contributed by atoms with Crippen LogP contribution in [0.4, 0.5) is 11.6 Å². The van der Waals surface area contributed by atoms with E-state index in [0.717, 1.165) is 25.9 Å². The SMILES string of the molecule is Cc1ncc(C(=O)Nc2ccn(C3CCN(C)CC3)n2)c(N)n1. The van der Waals surface area contributed by atoms with Crippen LogP contribution in [0.15, 0.2) is 18.5 Å². The average Bonchev–Trinajstić information content (AvgIpc) is 2.96. The maximum absolute atomic E-state index is 12.2. The topological polar surface area (TPSA) is 102 Å². The number of nitrogen functional groups attached to an aromatic ring is 1. The largest absolute Gasteiger partial charge is 0.383 e. The normalized spacial score (nSPS) is 16.4. The molecule has 1 saturated heterocycles. The third kappa shape index (κ3) is 3.48. The lowest BCUT2D eigenvalue weighted by Crippen LogP contribution is -2.31. The maximum Gasteiger partial charge on any atom is 0.262 e. The van der Waals surface area contributed by atoms with E-state index in [1.807, 2.05) is 10.9 Å². The van der Waals surface area contributed by atoms with Crippen LogP contribution in [0.3, 0.4) is 0 Å². The van der Waals surface area contributed by atoms with Crippen LogP contribution in [-0.4, -0.2) is 50.7 Å². The molecule has 0 unspecified atom stereocenters. The molecular weight excluding hydrogens is 294 g/mol. The number of nitrogens with two attached hydrogens (primary N) is 1. The number of likely N-dealkylation sites (tertiary alicyclic amines) is 1. The van der Waals surface area contributed by atoms with Gasteiger partial charge in [-0.05, 0) is 39.9 Å². The number of hydrogen-bond donors (Lipinski definition) is 2. The first-order valence-electron chi connectivity index (χ1n) is 7.67. The highest BCUT2D eigenvalue weighted by atomic mass is 16.1. The number of aryl methyl sites for hydroxylation is 1. The van der Waals surface area contributed by atoms with Gasteiger partial charge in [-0.2, -0.15) is 5.10 Å². The van der Waals surface area contributed by atoms with Crippen molar-refractivity contribution >= 4 is 17.5 Å². The van der Waals surface area contributed by atoms with Gasteiger partial charge < -0.3 is 16.0 Å². The van der Waals surface area contributed by atoms with Gasteiger partial charge in [0.15, 0.2) is 5.82 Å². The van der Waals surface area contributed by atoms with Crippen molar-refractivity contribution in [3.8, 4) is 0 Å². The fourth-order valence-corrected chi connectivity index (χ4v) is 2.71. The molecule has 0 spiro atoms. The van der Waals surface area contributed by atoms with Crippen LogP contribution < -0.4 is 11.1 Å². The van der Waals surface area contributed by atoms with Crippen molar-refractivity contribution in [2.75, 3.05) is 31.2 Å². The molecule has 3 heterocycles. The van der Waals surface area contributed by atoms with Gasteiger partial charge in [-0.25, -0.2) is 9.97 Å². The first kappa shape index (κ1) is 15.4. The fraction of sp³-hybridized carbons (Fsp3) is 0.467. The number of carbonyl (C=O) groups is 1. The molecule has 0 radical (unpaired) electrons. The molecule has 2 aromatic heterocycles. The third-order valence-electron chi connectivity index (χ3n) is 4.10. The lowest BCUT2D eigenvalue weighted by atomic mass is 10.1. The number of amides is 1. The Bertz CT molecular complexity index is 704. The third-order valence-corrected chi connectivity index (χ3v) is 4.10. The predicted molar refractivity (Wildman–Crippen MR) is 87.1 cm³/mol. The highest BCUT2D eigenvalue weighted by Crippen LogP contribution is 2.22. The predicted octanol–water partition coefficient (Wildman–Crippen LogP) is 1.08.